The van der Waals surface area contributed by atoms with E-state index in [9.17, 15) is 4.79 Å². The molecule has 0 unspecified atom stereocenters. The molecule has 0 spiro atoms. The predicted molar refractivity (Wildman–Crippen MR) is 131 cm³/mol. The molecule has 5 heteroatoms. The number of amides is 1. The molecular formula is C27H32N2O3. The number of rotatable bonds is 12. The molecule has 0 aliphatic carbocycles. The van der Waals surface area contributed by atoms with Gasteiger partial charge in [0.25, 0.3) is 0 Å². The molecule has 0 aliphatic heterocycles. The molecule has 0 aromatic heterocycles. The van der Waals surface area contributed by atoms with Gasteiger partial charge in [0.05, 0.1) is 19.8 Å². The number of nitrogens with one attached hydrogen (secondary N) is 2. The second kappa shape index (κ2) is 12.4. The quantitative estimate of drug-likeness (QED) is 0.356. The Morgan fingerprint density at radius 2 is 1.62 bits per heavy atom. The van der Waals surface area contributed by atoms with E-state index in [2.05, 4.69) is 48.7 Å². The molecule has 0 radical (unpaired) electrons. The van der Waals surface area contributed by atoms with E-state index in [1.165, 1.54) is 5.56 Å². The van der Waals surface area contributed by atoms with Crippen LogP contribution in [0.5, 0.6) is 11.5 Å². The first-order chi connectivity index (χ1) is 15.6. The van der Waals surface area contributed by atoms with Crippen LogP contribution in [0.4, 0.5) is 11.4 Å². The lowest BCUT2D eigenvalue weighted by atomic mass is 10.1. The van der Waals surface area contributed by atoms with Crippen molar-refractivity contribution in [3.05, 3.63) is 84.4 Å². The topological polar surface area (TPSA) is 59.6 Å². The Kier molecular flexibility index (Phi) is 8.99. The van der Waals surface area contributed by atoms with E-state index in [0.29, 0.717) is 19.1 Å². The summed E-state index contributed by atoms with van der Waals surface area (Å²) < 4.78 is 11.5. The van der Waals surface area contributed by atoms with Gasteiger partial charge in [0, 0.05) is 17.4 Å². The van der Waals surface area contributed by atoms with E-state index in [4.69, 9.17) is 9.47 Å². The molecule has 168 valence electrons. The minimum absolute atomic E-state index is 0.116. The van der Waals surface area contributed by atoms with Crippen molar-refractivity contribution in [3.8, 4) is 11.5 Å². The number of ether oxygens (including phenoxy) is 2. The highest BCUT2D eigenvalue weighted by molar-refractivity contribution is 5.93. The van der Waals surface area contributed by atoms with Gasteiger partial charge in [0.1, 0.15) is 11.5 Å². The van der Waals surface area contributed by atoms with E-state index in [1.54, 1.807) is 0 Å². The summed E-state index contributed by atoms with van der Waals surface area (Å²) in [6.07, 6.45) is 1.95. The first-order valence-corrected chi connectivity index (χ1v) is 11.1. The van der Waals surface area contributed by atoms with Gasteiger partial charge in [0.2, 0.25) is 5.91 Å². The average molecular weight is 433 g/mol. The molecule has 0 saturated heterocycles. The predicted octanol–water partition coefficient (Wildman–Crippen LogP) is 5.78. The van der Waals surface area contributed by atoms with Gasteiger partial charge in [-0.05, 0) is 60.7 Å². The van der Waals surface area contributed by atoms with Gasteiger partial charge in [-0.2, -0.15) is 0 Å². The molecule has 0 aliphatic rings. The molecule has 1 amide bonds. The molecule has 2 N–H and O–H groups in total. The largest absolute Gasteiger partial charge is 0.494 e. The zero-order valence-corrected chi connectivity index (χ0v) is 18.8. The fourth-order valence-electron chi connectivity index (χ4n) is 3.09. The molecular weight excluding hydrogens is 400 g/mol. The summed E-state index contributed by atoms with van der Waals surface area (Å²) in [5.41, 5.74) is 2.90. The molecule has 5 nitrogen and oxygen atoms in total. The summed E-state index contributed by atoms with van der Waals surface area (Å²) in [5.74, 6) is 1.94. The molecule has 0 atom stereocenters. The summed E-state index contributed by atoms with van der Waals surface area (Å²) >= 11 is 0. The van der Waals surface area contributed by atoms with Crippen LogP contribution in [0, 0.1) is 5.92 Å². The number of hydrogen-bond acceptors (Lipinski definition) is 4. The molecule has 3 aromatic rings. The third-order valence-corrected chi connectivity index (χ3v) is 4.73. The maximum absolute atomic E-state index is 12.3. The lowest BCUT2D eigenvalue weighted by molar-refractivity contribution is -0.114. The van der Waals surface area contributed by atoms with Crippen molar-refractivity contribution >= 4 is 17.3 Å². The molecule has 0 bridgehead atoms. The third kappa shape index (κ3) is 8.34. The number of carbonyl (C=O) groups is 1. The Bertz CT molecular complexity index is 956. The van der Waals surface area contributed by atoms with Gasteiger partial charge in [-0.3, -0.25) is 4.79 Å². The second-order valence-electron chi connectivity index (χ2n) is 8.10. The van der Waals surface area contributed by atoms with Crippen molar-refractivity contribution in [2.45, 2.75) is 26.7 Å². The number of benzene rings is 3. The Hall–Kier alpha value is -3.47. The number of carbonyl (C=O) groups excluding carboxylic acids is 1. The Morgan fingerprint density at radius 1 is 0.844 bits per heavy atom. The zero-order chi connectivity index (χ0) is 22.6. The first kappa shape index (κ1) is 23.2. The van der Waals surface area contributed by atoms with Gasteiger partial charge in [-0.15, -0.1) is 0 Å². The second-order valence-corrected chi connectivity index (χ2v) is 8.10. The SMILES string of the molecule is CC(C)COc1cccc(NCC(=O)Nc2ccc(OCCCc3ccccc3)cc2)c1. The normalized spacial score (nSPS) is 10.6. The summed E-state index contributed by atoms with van der Waals surface area (Å²) in [5, 5.41) is 6.03. The van der Waals surface area contributed by atoms with Crippen LogP contribution in [0.1, 0.15) is 25.8 Å². The minimum atomic E-state index is -0.116. The summed E-state index contributed by atoms with van der Waals surface area (Å²) in [4.78, 5) is 12.3. The Morgan fingerprint density at radius 3 is 2.38 bits per heavy atom. The highest BCUT2D eigenvalue weighted by Gasteiger charge is 2.04. The fraction of sp³-hybridized carbons (Fsp3) is 0.296. The summed E-state index contributed by atoms with van der Waals surface area (Å²) in [7, 11) is 0. The average Bonchev–Trinajstić information content (AvgIpc) is 2.81. The molecule has 3 aromatic carbocycles. The van der Waals surface area contributed by atoms with Crippen molar-refractivity contribution in [2.75, 3.05) is 30.4 Å². The maximum atomic E-state index is 12.3. The number of hydrogen-bond donors (Lipinski definition) is 2. The van der Waals surface area contributed by atoms with Crippen molar-refractivity contribution in [3.63, 3.8) is 0 Å². The van der Waals surface area contributed by atoms with Crippen molar-refractivity contribution in [2.24, 2.45) is 5.92 Å². The lowest BCUT2D eigenvalue weighted by Crippen LogP contribution is -2.21. The van der Waals surface area contributed by atoms with E-state index in [0.717, 1.165) is 35.7 Å². The van der Waals surface area contributed by atoms with Crippen molar-refractivity contribution < 1.29 is 14.3 Å². The van der Waals surface area contributed by atoms with E-state index in [-0.39, 0.29) is 12.5 Å². The van der Waals surface area contributed by atoms with E-state index >= 15 is 0 Å². The Balaban J connectivity index is 1.37. The smallest absolute Gasteiger partial charge is 0.243 e. The summed E-state index contributed by atoms with van der Waals surface area (Å²) in [6, 6.07) is 25.5. The van der Waals surface area contributed by atoms with Crippen LogP contribution in [0.15, 0.2) is 78.9 Å². The van der Waals surface area contributed by atoms with Crippen LogP contribution < -0.4 is 20.1 Å². The van der Waals surface area contributed by atoms with Gasteiger partial charge in [0.15, 0.2) is 0 Å². The van der Waals surface area contributed by atoms with Crippen molar-refractivity contribution in [1.29, 1.82) is 0 Å². The number of aryl methyl sites for hydroxylation is 1. The molecule has 0 heterocycles. The fourth-order valence-corrected chi connectivity index (χ4v) is 3.09. The van der Waals surface area contributed by atoms with Gasteiger partial charge >= 0.3 is 0 Å². The van der Waals surface area contributed by atoms with E-state index < -0.39 is 0 Å². The monoisotopic (exact) mass is 432 g/mol. The third-order valence-electron chi connectivity index (χ3n) is 4.73. The van der Waals surface area contributed by atoms with Gasteiger partial charge in [-0.1, -0.05) is 50.2 Å². The van der Waals surface area contributed by atoms with Crippen LogP contribution in [0.3, 0.4) is 0 Å². The van der Waals surface area contributed by atoms with Gasteiger partial charge < -0.3 is 20.1 Å². The van der Waals surface area contributed by atoms with E-state index in [1.807, 2.05) is 54.6 Å². The van der Waals surface area contributed by atoms with Crippen LogP contribution in [-0.2, 0) is 11.2 Å². The molecule has 3 rings (SSSR count). The van der Waals surface area contributed by atoms with Crippen LogP contribution in [0.25, 0.3) is 0 Å². The standard InChI is InChI=1S/C27H32N2O3/c1-21(2)20-32-26-12-6-11-24(18-26)28-19-27(30)29-23-13-15-25(16-14-23)31-17-7-10-22-8-4-3-5-9-22/h3-6,8-9,11-16,18,21,28H,7,10,17,19-20H2,1-2H3,(H,29,30). The maximum Gasteiger partial charge on any atom is 0.243 e. The minimum Gasteiger partial charge on any atom is -0.494 e. The zero-order valence-electron chi connectivity index (χ0n) is 18.8. The van der Waals surface area contributed by atoms with Crippen LogP contribution in [0.2, 0.25) is 0 Å². The summed E-state index contributed by atoms with van der Waals surface area (Å²) in [6.45, 7) is 5.71. The Labute approximate surface area is 190 Å². The van der Waals surface area contributed by atoms with Crippen molar-refractivity contribution in [1.82, 2.24) is 0 Å². The number of anilines is 2. The lowest BCUT2D eigenvalue weighted by Gasteiger charge is -2.12. The van der Waals surface area contributed by atoms with Crippen LogP contribution in [-0.4, -0.2) is 25.7 Å². The molecule has 0 fully saturated rings. The highest BCUT2D eigenvalue weighted by atomic mass is 16.5. The first-order valence-electron chi connectivity index (χ1n) is 11.1. The highest BCUT2D eigenvalue weighted by Crippen LogP contribution is 2.19. The molecule has 32 heavy (non-hydrogen) atoms. The van der Waals surface area contributed by atoms with Gasteiger partial charge in [-0.25, -0.2) is 0 Å². The van der Waals surface area contributed by atoms with Crippen LogP contribution >= 0.6 is 0 Å². The molecule has 0 saturated carbocycles.